The Balaban J connectivity index is 2.34. The number of hydrogen-bond donors (Lipinski definition) is 2. The first-order valence-electron chi connectivity index (χ1n) is 5.38. The lowest BCUT2D eigenvalue weighted by Crippen LogP contribution is -2.15. The zero-order chi connectivity index (χ0) is 14.0. The summed E-state index contributed by atoms with van der Waals surface area (Å²) in [4.78, 5) is -0.0149. The van der Waals surface area contributed by atoms with Gasteiger partial charge in [0.15, 0.2) is 5.82 Å². The van der Waals surface area contributed by atoms with Gasteiger partial charge in [-0.1, -0.05) is 0 Å². The van der Waals surface area contributed by atoms with E-state index in [1.807, 2.05) is 0 Å². The standard InChI is InChI=1S/C11H14N4O3S/c1-15-6-5-11(13-15)14-19(16,17)10-4-3-8(18-2)7-9(10)12/h3-7H,12H2,1-2H3,(H,13,14). The van der Waals surface area contributed by atoms with Crippen molar-refractivity contribution in [2.75, 3.05) is 17.6 Å². The number of rotatable bonds is 4. The van der Waals surface area contributed by atoms with Gasteiger partial charge in [0, 0.05) is 25.4 Å². The number of ether oxygens (including phenoxy) is 1. The van der Waals surface area contributed by atoms with Gasteiger partial charge in [-0.15, -0.1) is 0 Å². The van der Waals surface area contributed by atoms with Crippen molar-refractivity contribution in [3.05, 3.63) is 30.5 Å². The maximum atomic E-state index is 12.2. The average molecular weight is 282 g/mol. The van der Waals surface area contributed by atoms with Crippen molar-refractivity contribution >= 4 is 21.5 Å². The van der Waals surface area contributed by atoms with Gasteiger partial charge < -0.3 is 10.5 Å². The van der Waals surface area contributed by atoms with Crippen LogP contribution in [0.15, 0.2) is 35.4 Å². The fourth-order valence-electron chi connectivity index (χ4n) is 1.56. The minimum atomic E-state index is -3.76. The number of sulfonamides is 1. The van der Waals surface area contributed by atoms with Crippen LogP contribution in [0.2, 0.25) is 0 Å². The maximum Gasteiger partial charge on any atom is 0.265 e. The monoisotopic (exact) mass is 282 g/mol. The topological polar surface area (TPSA) is 99.2 Å². The molecule has 1 heterocycles. The van der Waals surface area contributed by atoms with Crippen molar-refractivity contribution < 1.29 is 13.2 Å². The Morgan fingerprint density at radius 3 is 2.63 bits per heavy atom. The number of nitrogens with zero attached hydrogens (tertiary/aromatic N) is 2. The van der Waals surface area contributed by atoms with Gasteiger partial charge in [0.05, 0.1) is 12.8 Å². The Morgan fingerprint density at radius 1 is 1.37 bits per heavy atom. The number of aromatic nitrogens is 2. The van der Waals surface area contributed by atoms with Gasteiger partial charge in [-0.2, -0.15) is 5.10 Å². The third-order valence-electron chi connectivity index (χ3n) is 2.46. The summed E-state index contributed by atoms with van der Waals surface area (Å²) in [5, 5.41) is 3.95. The Labute approximate surface area is 111 Å². The summed E-state index contributed by atoms with van der Waals surface area (Å²) in [6.07, 6.45) is 1.63. The summed E-state index contributed by atoms with van der Waals surface area (Å²) in [7, 11) is -0.587. The van der Waals surface area contributed by atoms with E-state index in [-0.39, 0.29) is 16.4 Å². The van der Waals surface area contributed by atoms with Gasteiger partial charge in [-0.3, -0.25) is 9.40 Å². The van der Waals surface area contributed by atoms with Crippen LogP contribution in [-0.2, 0) is 17.1 Å². The van der Waals surface area contributed by atoms with Gasteiger partial charge in [-0.05, 0) is 12.1 Å². The predicted molar refractivity (Wildman–Crippen MR) is 71.4 cm³/mol. The first kappa shape index (κ1) is 13.2. The molecule has 0 atom stereocenters. The normalized spacial score (nSPS) is 11.3. The third kappa shape index (κ3) is 2.79. The SMILES string of the molecule is COc1ccc(S(=O)(=O)Nc2ccn(C)n2)c(N)c1. The molecule has 1 aromatic heterocycles. The van der Waals surface area contributed by atoms with E-state index in [1.165, 1.54) is 30.0 Å². The number of aryl methyl sites for hydroxylation is 1. The minimum absolute atomic E-state index is 0.0149. The van der Waals surface area contributed by atoms with Crippen molar-refractivity contribution in [2.24, 2.45) is 7.05 Å². The number of anilines is 2. The molecule has 2 aromatic rings. The Kier molecular flexibility index (Phi) is 3.34. The van der Waals surface area contributed by atoms with Crippen molar-refractivity contribution in [1.82, 2.24) is 9.78 Å². The molecule has 2 rings (SSSR count). The van der Waals surface area contributed by atoms with Crippen LogP contribution in [0.3, 0.4) is 0 Å². The van der Waals surface area contributed by atoms with Gasteiger partial charge in [0.2, 0.25) is 0 Å². The second kappa shape index (κ2) is 4.81. The van der Waals surface area contributed by atoms with Gasteiger partial charge in [0.1, 0.15) is 10.6 Å². The number of benzene rings is 1. The van der Waals surface area contributed by atoms with E-state index in [9.17, 15) is 8.42 Å². The molecule has 0 aliphatic rings. The highest BCUT2D eigenvalue weighted by Gasteiger charge is 2.19. The van der Waals surface area contributed by atoms with E-state index in [2.05, 4.69) is 9.82 Å². The lowest BCUT2D eigenvalue weighted by molar-refractivity contribution is 0.414. The largest absolute Gasteiger partial charge is 0.497 e. The summed E-state index contributed by atoms with van der Waals surface area (Å²) in [6, 6.07) is 5.92. The third-order valence-corrected chi connectivity index (χ3v) is 3.89. The molecule has 0 amide bonds. The molecular weight excluding hydrogens is 268 g/mol. The van der Waals surface area contributed by atoms with Crippen molar-refractivity contribution in [3.8, 4) is 5.75 Å². The smallest absolute Gasteiger partial charge is 0.265 e. The Hall–Kier alpha value is -2.22. The number of nitrogens with one attached hydrogen (secondary N) is 1. The van der Waals surface area contributed by atoms with Gasteiger partial charge >= 0.3 is 0 Å². The van der Waals surface area contributed by atoms with Crippen LogP contribution in [0.25, 0.3) is 0 Å². The predicted octanol–water partition coefficient (Wildman–Crippen LogP) is 0.812. The number of nitrogen functional groups attached to an aromatic ring is 1. The van der Waals surface area contributed by atoms with Gasteiger partial charge in [0.25, 0.3) is 10.0 Å². The molecule has 19 heavy (non-hydrogen) atoms. The molecule has 7 nitrogen and oxygen atoms in total. The molecule has 0 saturated carbocycles. The van der Waals surface area contributed by atoms with E-state index >= 15 is 0 Å². The van der Waals surface area contributed by atoms with Crippen LogP contribution in [0.4, 0.5) is 11.5 Å². The Morgan fingerprint density at radius 2 is 2.11 bits per heavy atom. The fraction of sp³-hybridized carbons (Fsp3) is 0.182. The van der Waals surface area contributed by atoms with Crippen molar-refractivity contribution in [2.45, 2.75) is 4.90 Å². The molecule has 0 bridgehead atoms. The summed E-state index contributed by atoms with van der Waals surface area (Å²) in [6.45, 7) is 0. The molecule has 102 valence electrons. The van der Waals surface area contributed by atoms with Crippen LogP contribution >= 0.6 is 0 Å². The molecule has 3 N–H and O–H groups in total. The highest BCUT2D eigenvalue weighted by molar-refractivity contribution is 7.92. The first-order chi connectivity index (χ1) is 8.92. The van der Waals surface area contributed by atoms with Crippen LogP contribution in [0.5, 0.6) is 5.75 Å². The van der Waals surface area contributed by atoms with Crippen molar-refractivity contribution in [1.29, 1.82) is 0 Å². The lowest BCUT2D eigenvalue weighted by atomic mass is 10.3. The number of methoxy groups -OCH3 is 1. The molecule has 0 spiro atoms. The Bertz CT molecular complexity index is 694. The maximum absolute atomic E-state index is 12.2. The molecular formula is C11H14N4O3S. The summed E-state index contributed by atoms with van der Waals surface area (Å²) in [5.74, 6) is 0.729. The summed E-state index contributed by atoms with van der Waals surface area (Å²) < 4.78 is 33.1. The molecule has 0 aliphatic carbocycles. The second-order valence-corrected chi connectivity index (χ2v) is 5.53. The molecule has 0 saturated heterocycles. The second-order valence-electron chi connectivity index (χ2n) is 3.88. The zero-order valence-corrected chi connectivity index (χ0v) is 11.3. The number of nitrogens with two attached hydrogens (primary N) is 1. The molecule has 1 aromatic carbocycles. The first-order valence-corrected chi connectivity index (χ1v) is 6.86. The quantitative estimate of drug-likeness (QED) is 0.808. The average Bonchev–Trinajstić information content (AvgIpc) is 2.73. The molecule has 0 unspecified atom stereocenters. The van der Waals surface area contributed by atoms with E-state index in [1.54, 1.807) is 19.3 Å². The molecule has 0 radical (unpaired) electrons. The fourth-order valence-corrected chi connectivity index (χ4v) is 2.67. The highest BCUT2D eigenvalue weighted by atomic mass is 32.2. The summed E-state index contributed by atoms with van der Waals surface area (Å²) >= 11 is 0. The zero-order valence-electron chi connectivity index (χ0n) is 10.5. The minimum Gasteiger partial charge on any atom is -0.497 e. The number of hydrogen-bond acceptors (Lipinski definition) is 5. The van der Waals surface area contributed by atoms with Crippen LogP contribution in [0.1, 0.15) is 0 Å². The van der Waals surface area contributed by atoms with E-state index in [0.717, 1.165) is 0 Å². The van der Waals surface area contributed by atoms with E-state index in [4.69, 9.17) is 10.5 Å². The van der Waals surface area contributed by atoms with E-state index in [0.29, 0.717) is 5.75 Å². The summed E-state index contributed by atoms with van der Waals surface area (Å²) in [5.41, 5.74) is 5.83. The van der Waals surface area contributed by atoms with Crippen LogP contribution in [0, 0.1) is 0 Å². The van der Waals surface area contributed by atoms with E-state index < -0.39 is 10.0 Å². The molecule has 0 aliphatic heterocycles. The highest BCUT2D eigenvalue weighted by Crippen LogP contribution is 2.25. The lowest BCUT2D eigenvalue weighted by Gasteiger charge is -2.09. The molecule has 0 fully saturated rings. The van der Waals surface area contributed by atoms with Crippen LogP contribution < -0.4 is 15.2 Å². The van der Waals surface area contributed by atoms with Gasteiger partial charge in [-0.25, -0.2) is 8.42 Å². The van der Waals surface area contributed by atoms with Crippen LogP contribution in [-0.4, -0.2) is 25.3 Å². The molecule has 8 heteroatoms. The van der Waals surface area contributed by atoms with Crippen molar-refractivity contribution in [3.63, 3.8) is 0 Å².